The van der Waals surface area contributed by atoms with Crippen molar-refractivity contribution in [3.63, 3.8) is 0 Å². The van der Waals surface area contributed by atoms with Crippen LogP contribution < -0.4 is 10.2 Å². The van der Waals surface area contributed by atoms with E-state index in [1.807, 2.05) is 42.6 Å². The highest BCUT2D eigenvalue weighted by atomic mass is 32.1. The van der Waals surface area contributed by atoms with Gasteiger partial charge in [0, 0.05) is 47.2 Å². The maximum Gasteiger partial charge on any atom is 0.256 e. The molecular formula is C28H29N5O3S. The molecule has 0 radical (unpaired) electrons. The molecule has 2 fully saturated rings. The van der Waals surface area contributed by atoms with Gasteiger partial charge in [-0.25, -0.2) is 9.97 Å². The number of hydrogen-bond acceptors (Lipinski definition) is 8. The van der Waals surface area contributed by atoms with Crippen molar-refractivity contribution >= 4 is 39.0 Å². The number of ether oxygens (including phenoxy) is 1. The number of benzene rings is 1. The van der Waals surface area contributed by atoms with Gasteiger partial charge in [-0.3, -0.25) is 9.78 Å². The lowest BCUT2D eigenvalue weighted by Crippen LogP contribution is -2.44. The van der Waals surface area contributed by atoms with Gasteiger partial charge in [0.2, 0.25) is 0 Å². The van der Waals surface area contributed by atoms with Crippen molar-refractivity contribution in [1.82, 2.24) is 15.0 Å². The van der Waals surface area contributed by atoms with E-state index >= 15 is 0 Å². The summed E-state index contributed by atoms with van der Waals surface area (Å²) < 4.78 is 6.62. The molecule has 6 rings (SSSR count). The van der Waals surface area contributed by atoms with Crippen LogP contribution in [0.2, 0.25) is 0 Å². The Balaban J connectivity index is 1.37. The van der Waals surface area contributed by atoms with Crippen LogP contribution >= 0.6 is 11.3 Å². The van der Waals surface area contributed by atoms with E-state index in [1.165, 1.54) is 0 Å². The number of anilines is 2. The zero-order valence-electron chi connectivity index (χ0n) is 20.5. The zero-order valence-corrected chi connectivity index (χ0v) is 21.3. The van der Waals surface area contributed by atoms with Gasteiger partial charge in [0.1, 0.15) is 5.60 Å². The number of rotatable bonds is 5. The molecule has 1 aliphatic carbocycles. The van der Waals surface area contributed by atoms with Crippen LogP contribution in [0.4, 0.5) is 11.5 Å². The molecule has 37 heavy (non-hydrogen) atoms. The minimum Gasteiger partial charge on any atom is -0.380 e. The summed E-state index contributed by atoms with van der Waals surface area (Å²) in [5, 5.41) is 13.8. The topological polar surface area (TPSA) is 100 Å². The summed E-state index contributed by atoms with van der Waals surface area (Å²) in [6, 6.07) is 13.6. The Morgan fingerprint density at radius 2 is 1.84 bits per heavy atom. The molecule has 1 aliphatic heterocycles. The average molecular weight is 516 g/mol. The standard InChI is InChI=1S/C28H29N5O3S/c34-27(28(35)9-2-1-3-10-28)30-21-8-4-6-19(16-21)25-31-22-17-23(20-7-5-11-29-18-20)37-24(22)26(32-25)33-12-14-36-15-13-33/h4-8,11,16-18,35H,1-3,9-10,12-15H2,(H,30,34). The molecule has 2 aliphatic rings. The Bertz CT molecular complexity index is 1410. The SMILES string of the molecule is O=C(Nc1cccc(-c2nc(N3CCOCC3)c3sc(-c4cccnc4)cc3n2)c1)C1(O)CCCCC1. The van der Waals surface area contributed by atoms with Gasteiger partial charge < -0.3 is 20.1 Å². The first-order chi connectivity index (χ1) is 18.1. The van der Waals surface area contributed by atoms with Crippen molar-refractivity contribution in [2.24, 2.45) is 0 Å². The molecule has 1 saturated heterocycles. The molecule has 3 aromatic heterocycles. The third kappa shape index (κ3) is 4.94. The van der Waals surface area contributed by atoms with Crippen LogP contribution in [-0.4, -0.2) is 57.9 Å². The van der Waals surface area contributed by atoms with Crippen molar-refractivity contribution in [2.75, 3.05) is 36.5 Å². The number of thiophene rings is 1. The van der Waals surface area contributed by atoms with Crippen molar-refractivity contribution < 1.29 is 14.6 Å². The normalized spacial score (nSPS) is 17.6. The molecule has 0 spiro atoms. The largest absolute Gasteiger partial charge is 0.380 e. The van der Waals surface area contributed by atoms with Crippen LogP contribution in [0.15, 0.2) is 54.9 Å². The van der Waals surface area contributed by atoms with Gasteiger partial charge in [0.05, 0.1) is 23.4 Å². The molecule has 4 aromatic rings. The van der Waals surface area contributed by atoms with Crippen LogP contribution in [-0.2, 0) is 9.53 Å². The second kappa shape index (κ2) is 10.2. The third-order valence-corrected chi connectivity index (χ3v) is 8.26. The molecule has 190 valence electrons. The molecule has 0 bridgehead atoms. The van der Waals surface area contributed by atoms with Gasteiger partial charge in [-0.05, 0) is 37.1 Å². The molecular weight excluding hydrogens is 486 g/mol. The Labute approximate surface area is 219 Å². The van der Waals surface area contributed by atoms with Gasteiger partial charge >= 0.3 is 0 Å². The second-order valence-corrected chi connectivity index (χ2v) is 10.7. The molecule has 0 atom stereocenters. The fraction of sp³-hybridized carbons (Fsp3) is 0.357. The smallest absolute Gasteiger partial charge is 0.256 e. The maximum atomic E-state index is 12.9. The van der Waals surface area contributed by atoms with E-state index in [2.05, 4.69) is 21.3 Å². The number of carbonyl (C=O) groups is 1. The summed E-state index contributed by atoms with van der Waals surface area (Å²) in [4.78, 5) is 30.5. The highest BCUT2D eigenvalue weighted by molar-refractivity contribution is 7.22. The lowest BCUT2D eigenvalue weighted by atomic mass is 9.84. The predicted octanol–water partition coefficient (Wildman–Crippen LogP) is 4.89. The number of nitrogens with zero attached hydrogens (tertiary/aromatic N) is 4. The van der Waals surface area contributed by atoms with Gasteiger partial charge in [0.15, 0.2) is 11.6 Å². The first-order valence-electron chi connectivity index (χ1n) is 12.8. The van der Waals surface area contributed by atoms with E-state index < -0.39 is 5.60 Å². The van der Waals surface area contributed by atoms with E-state index in [0.717, 1.165) is 64.4 Å². The van der Waals surface area contributed by atoms with Crippen molar-refractivity contribution in [3.05, 3.63) is 54.9 Å². The number of carbonyl (C=O) groups excluding carboxylic acids is 1. The van der Waals surface area contributed by atoms with E-state index in [4.69, 9.17) is 14.7 Å². The Hall–Kier alpha value is -3.40. The molecule has 4 heterocycles. The summed E-state index contributed by atoms with van der Waals surface area (Å²) in [7, 11) is 0. The van der Waals surface area contributed by atoms with Crippen LogP contribution in [0.3, 0.4) is 0 Å². The summed E-state index contributed by atoms with van der Waals surface area (Å²) in [6.07, 6.45) is 7.42. The number of aliphatic hydroxyl groups is 1. The Morgan fingerprint density at radius 1 is 1.03 bits per heavy atom. The third-order valence-electron chi connectivity index (χ3n) is 7.09. The number of aromatic nitrogens is 3. The molecule has 8 nitrogen and oxygen atoms in total. The van der Waals surface area contributed by atoms with E-state index in [-0.39, 0.29) is 5.91 Å². The maximum absolute atomic E-state index is 12.9. The first-order valence-corrected chi connectivity index (χ1v) is 13.6. The van der Waals surface area contributed by atoms with Gasteiger partial charge in [0.25, 0.3) is 5.91 Å². The van der Waals surface area contributed by atoms with Crippen molar-refractivity contribution in [3.8, 4) is 21.8 Å². The van der Waals surface area contributed by atoms with Crippen molar-refractivity contribution in [2.45, 2.75) is 37.7 Å². The molecule has 1 aromatic carbocycles. The van der Waals surface area contributed by atoms with Crippen molar-refractivity contribution in [1.29, 1.82) is 0 Å². The fourth-order valence-corrected chi connectivity index (χ4v) is 6.14. The Morgan fingerprint density at radius 3 is 2.62 bits per heavy atom. The van der Waals surface area contributed by atoms with E-state index in [1.54, 1.807) is 17.5 Å². The van der Waals surface area contributed by atoms with Gasteiger partial charge in [-0.15, -0.1) is 11.3 Å². The highest BCUT2D eigenvalue weighted by Gasteiger charge is 2.37. The van der Waals surface area contributed by atoms with Crippen LogP contribution in [0.5, 0.6) is 0 Å². The van der Waals surface area contributed by atoms with Crippen LogP contribution in [0, 0.1) is 0 Å². The molecule has 1 saturated carbocycles. The monoisotopic (exact) mass is 515 g/mol. The molecule has 2 N–H and O–H groups in total. The van der Waals surface area contributed by atoms with Gasteiger partial charge in [-0.1, -0.05) is 37.5 Å². The predicted molar refractivity (Wildman–Crippen MR) is 146 cm³/mol. The summed E-state index contributed by atoms with van der Waals surface area (Å²) in [6.45, 7) is 2.85. The molecule has 9 heteroatoms. The summed E-state index contributed by atoms with van der Waals surface area (Å²) in [5.41, 5.74) is 2.05. The molecule has 0 unspecified atom stereocenters. The number of fused-ring (bicyclic) bond motifs is 1. The summed E-state index contributed by atoms with van der Waals surface area (Å²) in [5.74, 6) is 1.15. The average Bonchev–Trinajstić information content (AvgIpc) is 3.38. The number of hydrogen-bond donors (Lipinski definition) is 2. The Kier molecular flexibility index (Phi) is 6.58. The number of amides is 1. The lowest BCUT2D eigenvalue weighted by molar-refractivity contribution is -0.137. The lowest BCUT2D eigenvalue weighted by Gasteiger charge is -2.30. The van der Waals surface area contributed by atoms with Gasteiger partial charge in [-0.2, -0.15) is 0 Å². The summed E-state index contributed by atoms with van der Waals surface area (Å²) >= 11 is 1.67. The minimum absolute atomic E-state index is 0.339. The molecule has 1 amide bonds. The zero-order chi connectivity index (χ0) is 25.2. The fourth-order valence-electron chi connectivity index (χ4n) is 5.03. The second-order valence-electron chi connectivity index (χ2n) is 9.66. The number of nitrogens with one attached hydrogen (secondary N) is 1. The number of pyridine rings is 1. The van der Waals surface area contributed by atoms with Crippen LogP contribution in [0.1, 0.15) is 32.1 Å². The quantitative estimate of drug-likeness (QED) is 0.390. The van der Waals surface area contributed by atoms with E-state index in [0.29, 0.717) is 37.6 Å². The first kappa shape index (κ1) is 24.0. The van der Waals surface area contributed by atoms with Crippen LogP contribution in [0.25, 0.3) is 32.0 Å². The number of morpholine rings is 1. The van der Waals surface area contributed by atoms with E-state index in [9.17, 15) is 9.90 Å². The highest BCUT2D eigenvalue weighted by Crippen LogP contribution is 2.39. The minimum atomic E-state index is -1.30.